The van der Waals surface area contributed by atoms with Crippen LogP contribution < -0.4 is 0 Å². The lowest BCUT2D eigenvalue weighted by Crippen LogP contribution is -1.82. The summed E-state index contributed by atoms with van der Waals surface area (Å²) in [6, 6.07) is 4.04. The van der Waals surface area contributed by atoms with Crippen molar-refractivity contribution in [2.24, 2.45) is 5.11 Å². The van der Waals surface area contributed by atoms with Crippen LogP contribution in [0.5, 0.6) is 0 Å². The van der Waals surface area contributed by atoms with E-state index in [-0.39, 0.29) is 0 Å². The van der Waals surface area contributed by atoms with Crippen molar-refractivity contribution in [3.8, 4) is 0 Å². The molecule has 4 nitrogen and oxygen atoms in total. The van der Waals surface area contributed by atoms with Crippen molar-refractivity contribution in [1.29, 1.82) is 5.53 Å². The van der Waals surface area contributed by atoms with Crippen LogP contribution in [-0.4, -0.2) is 10.2 Å². The van der Waals surface area contributed by atoms with E-state index in [1.165, 1.54) is 11.1 Å². The van der Waals surface area contributed by atoms with Gasteiger partial charge >= 0.3 is 0 Å². The minimum atomic E-state index is 0.487. The molecule has 2 N–H and O–H groups in total. The molecule has 0 spiro atoms. The van der Waals surface area contributed by atoms with E-state index >= 15 is 0 Å². The Morgan fingerprint density at radius 1 is 1.43 bits per heavy atom. The van der Waals surface area contributed by atoms with Crippen molar-refractivity contribution in [3.63, 3.8) is 0 Å². The van der Waals surface area contributed by atoms with Crippen LogP contribution in [0.15, 0.2) is 23.3 Å². The van der Waals surface area contributed by atoms with Crippen molar-refractivity contribution in [3.05, 3.63) is 29.3 Å². The fraction of sp³-hybridized carbons (Fsp3) is 0.100. The number of H-pyrrole nitrogens is 1. The van der Waals surface area contributed by atoms with Crippen molar-refractivity contribution >= 4 is 22.8 Å². The lowest BCUT2D eigenvalue weighted by molar-refractivity contribution is 1.04. The van der Waals surface area contributed by atoms with E-state index < -0.39 is 0 Å². The SMILES string of the molecule is N=Nc1n[nH]c2ccc3c(c12)CC=C3. The number of fused-ring (bicyclic) bond motifs is 3. The van der Waals surface area contributed by atoms with Crippen molar-refractivity contribution < 1.29 is 0 Å². The molecule has 0 unspecified atom stereocenters. The molecule has 0 aliphatic heterocycles. The molecular weight excluding hydrogens is 176 g/mol. The molecule has 1 aliphatic rings. The molecule has 0 atom stereocenters. The first-order chi connectivity index (χ1) is 6.90. The number of nitrogens with one attached hydrogen (secondary N) is 2. The standard InChI is InChI=1S/C10H8N4/c11-12-10-9-7-3-1-2-6(7)4-5-8(9)13-14-10/h1-2,4-5,11H,3H2,(H,13,14). The second-order valence-electron chi connectivity index (χ2n) is 3.32. The highest BCUT2D eigenvalue weighted by atomic mass is 15.2. The summed E-state index contributed by atoms with van der Waals surface area (Å²) in [4.78, 5) is 0. The molecule has 0 fully saturated rings. The van der Waals surface area contributed by atoms with Gasteiger partial charge in [-0.05, 0) is 23.6 Å². The Labute approximate surface area is 80.1 Å². The highest BCUT2D eigenvalue weighted by Crippen LogP contribution is 2.32. The zero-order valence-electron chi connectivity index (χ0n) is 7.41. The second kappa shape index (κ2) is 2.51. The fourth-order valence-corrected chi connectivity index (χ4v) is 1.94. The summed E-state index contributed by atoms with van der Waals surface area (Å²) in [6.45, 7) is 0. The average molecular weight is 184 g/mol. The van der Waals surface area contributed by atoms with Gasteiger partial charge in [0.2, 0.25) is 5.82 Å². The zero-order chi connectivity index (χ0) is 9.54. The summed E-state index contributed by atoms with van der Waals surface area (Å²) in [5, 5.41) is 11.3. The van der Waals surface area contributed by atoms with Crippen LogP contribution in [0.25, 0.3) is 17.0 Å². The molecule has 1 aliphatic carbocycles. The number of allylic oxidation sites excluding steroid dienone is 1. The number of hydrogen-bond acceptors (Lipinski definition) is 3. The Morgan fingerprint density at radius 2 is 2.36 bits per heavy atom. The largest absolute Gasteiger partial charge is 0.276 e. The van der Waals surface area contributed by atoms with Gasteiger partial charge < -0.3 is 0 Å². The first kappa shape index (κ1) is 7.44. The highest BCUT2D eigenvalue weighted by Gasteiger charge is 2.14. The van der Waals surface area contributed by atoms with Gasteiger partial charge in [-0.3, -0.25) is 5.10 Å². The number of rotatable bonds is 1. The third-order valence-electron chi connectivity index (χ3n) is 2.58. The van der Waals surface area contributed by atoms with E-state index in [9.17, 15) is 0 Å². The molecule has 3 rings (SSSR count). The molecular formula is C10H8N4. The number of hydrogen-bond donors (Lipinski definition) is 2. The average Bonchev–Trinajstić information content (AvgIpc) is 2.82. The van der Waals surface area contributed by atoms with Crippen molar-refractivity contribution in [2.75, 3.05) is 0 Å². The van der Waals surface area contributed by atoms with Gasteiger partial charge in [0.05, 0.1) is 10.9 Å². The third-order valence-corrected chi connectivity index (χ3v) is 2.58. The fourth-order valence-electron chi connectivity index (χ4n) is 1.94. The quantitative estimate of drug-likeness (QED) is 0.657. The maximum absolute atomic E-state index is 7.03. The van der Waals surface area contributed by atoms with E-state index in [1.807, 2.05) is 6.07 Å². The molecule has 0 saturated carbocycles. The zero-order valence-corrected chi connectivity index (χ0v) is 7.41. The number of aromatic nitrogens is 2. The summed E-state index contributed by atoms with van der Waals surface area (Å²) in [6.07, 6.45) is 5.12. The van der Waals surface area contributed by atoms with Crippen LogP contribution >= 0.6 is 0 Å². The minimum absolute atomic E-state index is 0.487. The Morgan fingerprint density at radius 3 is 3.21 bits per heavy atom. The van der Waals surface area contributed by atoms with Crippen LogP contribution in [0, 0.1) is 5.53 Å². The minimum Gasteiger partial charge on any atom is -0.276 e. The first-order valence-corrected chi connectivity index (χ1v) is 4.44. The van der Waals surface area contributed by atoms with Gasteiger partial charge in [0.25, 0.3) is 0 Å². The van der Waals surface area contributed by atoms with Gasteiger partial charge in [0.15, 0.2) is 0 Å². The summed E-state index contributed by atoms with van der Waals surface area (Å²) in [5.41, 5.74) is 10.4. The van der Waals surface area contributed by atoms with Gasteiger partial charge in [-0.1, -0.05) is 18.2 Å². The molecule has 1 heterocycles. The van der Waals surface area contributed by atoms with Crippen molar-refractivity contribution in [1.82, 2.24) is 10.2 Å². The van der Waals surface area contributed by atoms with Gasteiger partial charge in [-0.25, -0.2) is 5.53 Å². The summed E-state index contributed by atoms with van der Waals surface area (Å²) in [7, 11) is 0. The predicted octanol–water partition coefficient (Wildman–Crippen LogP) is 2.79. The van der Waals surface area contributed by atoms with E-state index in [2.05, 4.69) is 33.5 Å². The van der Waals surface area contributed by atoms with Crippen LogP contribution in [-0.2, 0) is 6.42 Å². The van der Waals surface area contributed by atoms with E-state index in [0.717, 1.165) is 17.3 Å². The molecule has 68 valence electrons. The lowest BCUT2D eigenvalue weighted by Gasteiger charge is -1.99. The highest BCUT2D eigenvalue weighted by molar-refractivity contribution is 5.94. The van der Waals surface area contributed by atoms with Crippen LogP contribution in [0.2, 0.25) is 0 Å². The second-order valence-corrected chi connectivity index (χ2v) is 3.32. The number of nitrogens with zero attached hydrogens (tertiary/aromatic N) is 2. The van der Waals surface area contributed by atoms with E-state index in [0.29, 0.717) is 5.82 Å². The van der Waals surface area contributed by atoms with Crippen molar-refractivity contribution in [2.45, 2.75) is 6.42 Å². The Balaban J connectivity index is 2.47. The first-order valence-electron chi connectivity index (χ1n) is 4.44. The molecule has 0 radical (unpaired) electrons. The maximum atomic E-state index is 7.03. The predicted molar refractivity (Wildman–Crippen MR) is 53.6 cm³/mol. The van der Waals surface area contributed by atoms with Gasteiger partial charge in [-0.15, -0.1) is 5.11 Å². The molecule has 0 bridgehead atoms. The monoisotopic (exact) mass is 184 g/mol. The van der Waals surface area contributed by atoms with Crippen LogP contribution in [0.3, 0.4) is 0 Å². The Kier molecular flexibility index (Phi) is 1.33. The normalized spacial score (nSPS) is 13.4. The Hall–Kier alpha value is -1.97. The Bertz CT molecular complexity index is 550. The van der Waals surface area contributed by atoms with Crippen LogP contribution in [0.4, 0.5) is 5.82 Å². The molecule has 1 aromatic carbocycles. The molecule has 1 aromatic heterocycles. The van der Waals surface area contributed by atoms with Crippen LogP contribution in [0.1, 0.15) is 11.1 Å². The number of aromatic amines is 1. The maximum Gasteiger partial charge on any atom is 0.202 e. The van der Waals surface area contributed by atoms with Gasteiger partial charge in [0.1, 0.15) is 0 Å². The molecule has 4 heteroatoms. The van der Waals surface area contributed by atoms with E-state index in [4.69, 9.17) is 5.53 Å². The topological polar surface area (TPSA) is 64.9 Å². The molecule has 0 amide bonds. The van der Waals surface area contributed by atoms with E-state index in [1.54, 1.807) is 0 Å². The summed E-state index contributed by atoms with van der Waals surface area (Å²) in [5.74, 6) is 0.487. The van der Waals surface area contributed by atoms with Gasteiger partial charge in [0, 0.05) is 0 Å². The number of benzene rings is 1. The molecule has 0 saturated heterocycles. The third kappa shape index (κ3) is 0.797. The summed E-state index contributed by atoms with van der Waals surface area (Å²) < 4.78 is 0. The van der Waals surface area contributed by atoms with Gasteiger partial charge in [-0.2, -0.15) is 5.10 Å². The lowest BCUT2D eigenvalue weighted by atomic mass is 10.1. The molecule has 2 aromatic rings. The smallest absolute Gasteiger partial charge is 0.202 e. The summed E-state index contributed by atoms with van der Waals surface area (Å²) >= 11 is 0. The molecule has 14 heavy (non-hydrogen) atoms.